The van der Waals surface area contributed by atoms with Crippen molar-refractivity contribution in [1.29, 1.82) is 0 Å². The number of hydrogen-bond acceptors (Lipinski definition) is 2. The lowest BCUT2D eigenvalue weighted by molar-refractivity contribution is -0.132. The van der Waals surface area contributed by atoms with Crippen LogP contribution >= 0.6 is 0 Å². The summed E-state index contributed by atoms with van der Waals surface area (Å²) >= 11 is 0. The number of fused-ring (bicyclic) bond motifs is 5. The van der Waals surface area contributed by atoms with Crippen LogP contribution in [0.4, 0.5) is 0 Å². The highest BCUT2D eigenvalue weighted by Crippen LogP contribution is 2.62. The average molecular weight is 363 g/mol. The van der Waals surface area contributed by atoms with Crippen molar-refractivity contribution in [3.05, 3.63) is 58.7 Å². The second-order valence-corrected chi connectivity index (χ2v) is 9.10. The molecule has 0 aromatic heterocycles. The Morgan fingerprint density at radius 1 is 1.07 bits per heavy atom. The van der Waals surface area contributed by atoms with Crippen molar-refractivity contribution in [2.75, 3.05) is 0 Å². The van der Waals surface area contributed by atoms with E-state index < -0.39 is 0 Å². The molecule has 0 radical (unpaired) electrons. The average Bonchev–Trinajstić information content (AvgIpc) is 3.21. The Morgan fingerprint density at radius 2 is 1.78 bits per heavy atom. The van der Waals surface area contributed by atoms with Crippen molar-refractivity contribution in [3.8, 4) is 0 Å². The van der Waals surface area contributed by atoms with E-state index in [-0.39, 0.29) is 34.7 Å². The molecule has 0 heterocycles. The first-order chi connectivity index (χ1) is 12.9. The van der Waals surface area contributed by atoms with Gasteiger partial charge in [0.25, 0.3) is 0 Å². The van der Waals surface area contributed by atoms with Crippen molar-refractivity contribution in [2.45, 2.75) is 59.3 Å². The Hall–Kier alpha value is -1.96. The first-order valence-corrected chi connectivity index (χ1v) is 10.4. The fourth-order valence-corrected chi connectivity index (χ4v) is 5.61. The zero-order valence-electron chi connectivity index (χ0n) is 16.8. The van der Waals surface area contributed by atoms with Crippen molar-refractivity contribution in [2.24, 2.45) is 23.2 Å². The molecule has 4 atom stereocenters. The molecule has 4 aliphatic carbocycles. The minimum Gasteiger partial charge on any atom is -0.294 e. The fourth-order valence-electron chi connectivity index (χ4n) is 5.61. The molecular weight excluding hydrogens is 332 g/mol. The minimum atomic E-state index is -0.139. The van der Waals surface area contributed by atoms with Gasteiger partial charge in [0.15, 0.2) is 11.6 Å². The van der Waals surface area contributed by atoms with E-state index in [9.17, 15) is 9.59 Å². The number of Topliss-reactive ketones (excluding diaryl/α,β-unsaturated/α-hetero) is 2. The molecule has 2 nitrogen and oxygen atoms in total. The Morgan fingerprint density at radius 3 is 2.48 bits per heavy atom. The molecule has 4 rings (SSSR count). The number of carbonyl (C=O) groups excluding carboxylic acids is 2. The van der Waals surface area contributed by atoms with Gasteiger partial charge in [0.05, 0.1) is 0 Å². The lowest BCUT2D eigenvalue weighted by Gasteiger charge is -2.39. The van der Waals surface area contributed by atoms with Gasteiger partial charge in [-0.3, -0.25) is 9.59 Å². The predicted molar refractivity (Wildman–Crippen MR) is 109 cm³/mol. The van der Waals surface area contributed by atoms with Crippen molar-refractivity contribution < 1.29 is 9.59 Å². The number of carbonyl (C=O) groups is 2. The topological polar surface area (TPSA) is 34.1 Å². The lowest BCUT2D eigenvalue weighted by Crippen LogP contribution is -2.44. The van der Waals surface area contributed by atoms with Gasteiger partial charge < -0.3 is 0 Å². The van der Waals surface area contributed by atoms with Crippen LogP contribution in [0.15, 0.2) is 58.7 Å². The third-order valence-corrected chi connectivity index (χ3v) is 7.01. The second kappa shape index (κ2) is 6.89. The van der Waals surface area contributed by atoms with Gasteiger partial charge in [-0.1, -0.05) is 47.6 Å². The first-order valence-electron chi connectivity index (χ1n) is 10.4. The van der Waals surface area contributed by atoms with Crippen LogP contribution in [0.3, 0.4) is 0 Å². The van der Waals surface area contributed by atoms with Crippen molar-refractivity contribution >= 4 is 11.6 Å². The summed E-state index contributed by atoms with van der Waals surface area (Å²) in [5, 5.41) is 0. The van der Waals surface area contributed by atoms with E-state index in [2.05, 4.69) is 45.1 Å². The molecule has 4 aliphatic rings. The highest BCUT2D eigenvalue weighted by atomic mass is 16.1. The maximum absolute atomic E-state index is 13.4. The maximum atomic E-state index is 13.4. The summed E-state index contributed by atoms with van der Waals surface area (Å²) in [6.07, 6.45) is 18.5. The van der Waals surface area contributed by atoms with E-state index >= 15 is 0 Å². The summed E-state index contributed by atoms with van der Waals surface area (Å²) in [4.78, 5) is 26.5. The molecule has 0 aromatic carbocycles. The van der Waals surface area contributed by atoms with Gasteiger partial charge in [-0.15, -0.1) is 0 Å². The standard InChI is InChI=1S/C25H30O2/c1-16(2)7-6-8-17(3)11-13-25-14-12-18(15-25)21-22(25)24(27)20-10-5-4-9-19(20)23(21)26/h4-5,7,11-12,14,18,21-22H,6,8-10,13,15H2,1-3H3/t18-,21?,22?,25+/m1/s1. The second-order valence-electron chi connectivity index (χ2n) is 9.10. The number of rotatable bonds is 5. The monoisotopic (exact) mass is 362 g/mol. The smallest absolute Gasteiger partial charge is 0.164 e. The Bertz CT molecular complexity index is 828. The molecule has 27 heavy (non-hydrogen) atoms. The Kier molecular flexibility index (Phi) is 4.70. The fraction of sp³-hybridized carbons (Fsp3) is 0.520. The molecule has 0 amide bonds. The van der Waals surface area contributed by atoms with Gasteiger partial charge in [-0.2, -0.15) is 0 Å². The van der Waals surface area contributed by atoms with Crippen LogP contribution in [0.5, 0.6) is 0 Å². The third-order valence-electron chi connectivity index (χ3n) is 7.01. The molecule has 0 spiro atoms. The SMILES string of the molecule is CC(C)=CCCC(C)=CC[C@]12C=C[C@H](C1)C1C(=O)C3=C(CC=CC3)C(=O)C12. The lowest BCUT2D eigenvalue weighted by atomic mass is 9.62. The molecule has 0 aromatic rings. The summed E-state index contributed by atoms with van der Waals surface area (Å²) in [5.41, 5.74) is 4.23. The molecule has 2 bridgehead atoms. The number of ketones is 2. The van der Waals surface area contributed by atoms with Gasteiger partial charge in [-0.05, 0) is 65.2 Å². The van der Waals surface area contributed by atoms with Crippen LogP contribution in [-0.4, -0.2) is 11.6 Å². The van der Waals surface area contributed by atoms with Gasteiger partial charge in [-0.25, -0.2) is 0 Å². The van der Waals surface area contributed by atoms with Crippen molar-refractivity contribution in [1.82, 2.24) is 0 Å². The Labute approximate surface area is 162 Å². The van der Waals surface area contributed by atoms with Crippen LogP contribution in [0.25, 0.3) is 0 Å². The molecule has 1 fully saturated rings. The quantitative estimate of drug-likeness (QED) is 0.590. The zero-order valence-corrected chi connectivity index (χ0v) is 16.8. The highest BCUT2D eigenvalue weighted by molar-refractivity contribution is 6.15. The third kappa shape index (κ3) is 3.03. The van der Waals surface area contributed by atoms with E-state index in [0.29, 0.717) is 12.8 Å². The maximum Gasteiger partial charge on any atom is 0.164 e. The van der Waals surface area contributed by atoms with Gasteiger partial charge >= 0.3 is 0 Å². The molecule has 0 aliphatic heterocycles. The zero-order chi connectivity index (χ0) is 19.2. The van der Waals surface area contributed by atoms with Gasteiger partial charge in [0.1, 0.15) is 0 Å². The van der Waals surface area contributed by atoms with Crippen LogP contribution in [0, 0.1) is 23.2 Å². The normalized spacial score (nSPS) is 34.2. The van der Waals surface area contributed by atoms with Crippen LogP contribution in [0.1, 0.15) is 59.3 Å². The summed E-state index contributed by atoms with van der Waals surface area (Å²) in [6.45, 7) is 6.46. The van der Waals surface area contributed by atoms with Gasteiger partial charge in [0.2, 0.25) is 0 Å². The molecule has 2 heteroatoms. The van der Waals surface area contributed by atoms with Crippen LogP contribution < -0.4 is 0 Å². The number of allylic oxidation sites excluding steroid dienone is 10. The molecule has 142 valence electrons. The van der Waals surface area contributed by atoms with E-state index in [1.54, 1.807) is 0 Å². The molecule has 0 N–H and O–H groups in total. The number of hydrogen-bond donors (Lipinski definition) is 0. The first kappa shape index (κ1) is 18.4. The van der Waals surface area contributed by atoms with Crippen LogP contribution in [-0.2, 0) is 9.59 Å². The largest absolute Gasteiger partial charge is 0.294 e. The van der Waals surface area contributed by atoms with E-state index in [4.69, 9.17) is 0 Å². The summed E-state index contributed by atoms with van der Waals surface area (Å²) < 4.78 is 0. The molecule has 2 unspecified atom stereocenters. The van der Waals surface area contributed by atoms with E-state index in [0.717, 1.165) is 36.8 Å². The summed E-state index contributed by atoms with van der Waals surface area (Å²) in [7, 11) is 0. The highest BCUT2D eigenvalue weighted by Gasteiger charge is 2.61. The van der Waals surface area contributed by atoms with E-state index in [1.807, 2.05) is 12.2 Å². The minimum absolute atomic E-state index is 0.105. The Balaban J connectivity index is 1.57. The van der Waals surface area contributed by atoms with E-state index in [1.165, 1.54) is 11.1 Å². The molecular formula is C25H30O2. The van der Waals surface area contributed by atoms with Crippen LogP contribution in [0.2, 0.25) is 0 Å². The summed E-state index contributed by atoms with van der Waals surface area (Å²) in [5.74, 6) is 0.547. The van der Waals surface area contributed by atoms with Gasteiger partial charge in [0, 0.05) is 28.4 Å². The summed E-state index contributed by atoms with van der Waals surface area (Å²) in [6, 6.07) is 0. The predicted octanol–water partition coefficient (Wildman–Crippen LogP) is 5.68. The van der Waals surface area contributed by atoms with Crippen molar-refractivity contribution in [3.63, 3.8) is 0 Å². The molecule has 1 saturated carbocycles. The molecule has 0 saturated heterocycles.